The second-order valence-corrected chi connectivity index (χ2v) is 23.4. The molecule has 3 heteroatoms. The predicted molar refractivity (Wildman–Crippen MR) is 271 cm³/mol. The van der Waals surface area contributed by atoms with Gasteiger partial charge in [-0.25, -0.2) is 0 Å². The van der Waals surface area contributed by atoms with Gasteiger partial charge in [-0.1, -0.05) is 169 Å². The van der Waals surface area contributed by atoms with Crippen molar-refractivity contribution in [2.75, 3.05) is 4.81 Å². The van der Waals surface area contributed by atoms with Crippen LogP contribution in [0.25, 0.3) is 60.9 Å². The number of nitrogens with zero attached hydrogens (tertiary/aromatic N) is 2. The lowest BCUT2D eigenvalue weighted by molar-refractivity contribution is 0.590. The number of rotatable bonds is 1. The Bertz CT molecular complexity index is 3330. The van der Waals surface area contributed by atoms with E-state index >= 15 is 0 Å². The molecule has 3 heterocycles. The quantitative estimate of drug-likeness (QED) is 0.150. The van der Waals surface area contributed by atoms with Gasteiger partial charge in [-0.3, -0.25) is 0 Å². The Hall–Kier alpha value is -5.80. The molecular weight excluding hydrogens is 759 g/mol. The van der Waals surface area contributed by atoms with E-state index in [-0.39, 0.29) is 33.9 Å². The fourth-order valence-electron chi connectivity index (χ4n) is 12.4. The van der Waals surface area contributed by atoms with E-state index in [4.69, 9.17) is 0 Å². The first kappa shape index (κ1) is 38.8. The van der Waals surface area contributed by atoms with E-state index in [1.165, 1.54) is 122 Å². The highest BCUT2D eigenvalue weighted by Gasteiger charge is 2.51. The van der Waals surface area contributed by atoms with Gasteiger partial charge in [0.2, 0.25) is 0 Å². The van der Waals surface area contributed by atoms with Gasteiger partial charge in [0.05, 0.1) is 11.0 Å². The van der Waals surface area contributed by atoms with Crippen LogP contribution in [-0.4, -0.2) is 11.4 Å². The SMILES string of the molecule is CC(C)(C)c1ccc(N2B3c4cc5c(cc4-n4c6ccc(C(C)(C)C)cc6c6c7c(c(c3c64)-c3cc(C(C)(C)C)ccc32)-c2ccccc2C7(C)C)-c2ccccc2C5(C)C)cc1. The van der Waals surface area contributed by atoms with Gasteiger partial charge >= 0.3 is 6.85 Å². The van der Waals surface area contributed by atoms with Crippen molar-refractivity contribution in [2.45, 2.75) is 117 Å². The summed E-state index contributed by atoms with van der Waals surface area (Å²) < 4.78 is 2.72. The Labute approximate surface area is 375 Å². The molecule has 0 saturated carbocycles. The van der Waals surface area contributed by atoms with Crippen LogP contribution in [0.15, 0.2) is 121 Å². The molecule has 0 unspecified atom stereocenters. The highest BCUT2D eigenvalue weighted by Crippen LogP contribution is 2.60. The summed E-state index contributed by atoms with van der Waals surface area (Å²) in [5.41, 5.74) is 27.0. The van der Waals surface area contributed by atoms with Gasteiger partial charge in [0.15, 0.2) is 0 Å². The second kappa shape index (κ2) is 12.1. The summed E-state index contributed by atoms with van der Waals surface area (Å²) in [5, 5.41) is 2.78. The molecular formula is C60H59BN2. The minimum atomic E-state index is -0.226. The molecule has 2 aliphatic carbocycles. The molecule has 2 nitrogen and oxygen atoms in total. The van der Waals surface area contributed by atoms with Gasteiger partial charge < -0.3 is 9.38 Å². The van der Waals surface area contributed by atoms with E-state index < -0.39 is 0 Å². The average Bonchev–Trinajstić information content (AvgIpc) is 3.78. The summed E-state index contributed by atoms with van der Waals surface area (Å²) in [6.45, 7) is 30.9. The average molecular weight is 819 g/mol. The molecule has 2 aliphatic heterocycles. The van der Waals surface area contributed by atoms with Crippen molar-refractivity contribution in [1.82, 2.24) is 4.57 Å². The van der Waals surface area contributed by atoms with E-state index in [1.54, 1.807) is 0 Å². The summed E-state index contributed by atoms with van der Waals surface area (Å²) in [5.74, 6) is 0. The van der Waals surface area contributed by atoms with Crippen LogP contribution in [0.5, 0.6) is 0 Å². The third kappa shape index (κ3) is 4.97. The Balaban J connectivity index is 1.33. The lowest BCUT2D eigenvalue weighted by Crippen LogP contribution is -2.61. The van der Waals surface area contributed by atoms with Crippen molar-refractivity contribution >= 4 is 51.0 Å². The topological polar surface area (TPSA) is 8.17 Å². The lowest BCUT2D eigenvalue weighted by atomic mass is 9.43. The van der Waals surface area contributed by atoms with Crippen molar-refractivity contribution in [2.24, 2.45) is 0 Å². The summed E-state index contributed by atoms with van der Waals surface area (Å²) in [6, 6.07) is 48.1. The van der Waals surface area contributed by atoms with Crippen molar-refractivity contribution in [3.05, 3.63) is 160 Å². The molecule has 312 valence electrons. The third-order valence-corrected chi connectivity index (χ3v) is 15.8. The Kier molecular flexibility index (Phi) is 7.43. The van der Waals surface area contributed by atoms with Crippen molar-refractivity contribution < 1.29 is 0 Å². The van der Waals surface area contributed by atoms with Crippen LogP contribution in [0.2, 0.25) is 0 Å². The first-order valence-electron chi connectivity index (χ1n) is 23.3. The number of hydrogen-bond acceptors (Lipinski definition) is 1. The molecule has 0 atom stereocenters. The van der Waals surface area contributed by atoms with Gasteiger partial charge in [0.25, 0.3) is 0 Å². The zero-order valence-electron chi connectivity index (χ0n) is 39.5. The second-order valence-electron chi connectivity index (χ2n) is 23.4. The van der Waals surface area contributed by atoms with Crippen LogP contribution < -0.4 is 15.7 Å². The molecule has 0 bridgehead atoms. The summed E-state index contributed by atoms with van der Waals surface area (Å²) >= 11 is 0. The van der Waals surface area contributed by atoms with Crippen LogP contribution in [0.3, 0.4) is 0 Å². The van der Waals surface area contributed by atoms with Gasteiger partial charge in [0, 0.05) is 44.2 Å². The van der Waals surface area contributed by atoms with E-state index in [1.807, 2.05) is 0 Å². The maximum atomic E-state index is 2.73. The Morgan fingerprint density at radius 3 is 1.73 bits per heavy atom. The summed E-state index contributed by atoms with van der Waals surface area (Å²) in [7, 11) is 0. The van der Waals surface area contributed by atoms with Gasteiger partial charge in [-0.2, -0.15) is 0 Å². The molecule has 1 aromatic heterocycles. The Morgan fingerprint density at radius 1 is 0.476 bits per heavy atom. The molecule has 7 aromatic carbocycles. The van der Waals surface area contributed by atoms with E-state index in [0.717, 1.165) is 0 Å². The smallest absolute Gasteiger partial charge is 0.333 e. The highest BCUT2D eigenvalue weighted by atomic mass is 15.1. The molecule has 0 amide bonds. The third-order valence-electron chi connectivity index (χ3n) is 15.8. The molecule has 0 saturated heterocycles. The molecule has 4 aliphatic rings. The number of aromatic nitrogens is 1. The zero-order valence-corrected chi connectivity index (χ0v) is 39.5. The van der Waals surface area contributed by atoms with Gasteiger partial charge in [0.1, 0.15) is 0 Å². The molecule has 0 radical (unpaired) electrons. The number of anilines is 2. The fourth-order valence-corrected chi connectivity index (χ4v) is 12.4. The normalized spacial score (nSPS) is 16.2. The summed E-state index contributed by atoms with van der Waals surface area (Å²) in [6.07, 6.45) is 0. The highest BCUT2D eigenvalue weighted by molar-refractivity contribution is 6.94. The number of hydrogen-bond donors (Lipinski definition) is 0. The predicted octanol–water partition coefficient (Wildman–Crippen LogP) is 14.5. The van der Waals surface area contributed by atoms with Crippen LogP contribution in [-0.2, 0) is 27.1 Å². The van der Waals surface area contributed by atoms with Gasteiger partial charge in [-0.05, 0) is 136 Å². The molecule has 0 fully saturated rings. The van der Waals surface area contributed by atoms with Crippen LogP contribution >= 0.6 is 0 Å². The minimum absolute atomic E-state index is 0.00642. The molecule has 12 rings (SSSR count). The first-order valence-corrected chi connectivity index (χ1v) is 23.3. The van der Waals surface area contributed by atoms with Gasteiger partial charge in [-0.15, -0.1) is 0 Å². The largest absolute Gasteiger partial charge is 0.376 e. The maximum absolute atomic E-state index is 2.73. The van der Waals surface area contributed by atoms with E-state index in [0.29, 0.717) is 0 Å². The maximum Gasteiger partial charge on any atom is 0.333 e. The number of benzene rings is 7. The van der Waals surface area contributed by atoms with Crippen LogP contribution in [0.1, 0.15) is 129 Å². The zero-order chi connectivity index (χ0) is 44.1. The van der Waals surface area contributed by atoms with Crippen LogP contribution in [0, 0.1) is 0 Å². The molecule has 0 spiro atoms. The molecule has 63 heavy (non-hydrogen) atoms. The number of fused-ring (bicyclic) bond motifs is 16. The van der Waals surface area contributed by atoms with E-state index in [2.05, 4.69) is 221 Å². The standard InChI is InChI=1S/C60H59BN2/c1-56(2,3)34-22-26-37(27-23-34)63-48-29-25-36(58(7,8)9)31-42(48)51-50-39-19-15-17-21-44(39)60(12,13)53(50)52-41-30-35(57(4,5)6)24-28-47(41)62-49-32-40-38-18-14-16-20-43(38)59(10,11)45(40)33-46(49)61(63)54(51)55(52)62/h14-33H,1-13H3. The first-order chi connectivity index (χ1) is 29.7. The van der Waals surface area contributed by atoms with E-state index in [9.17, 15) is 0 Å². The monoisotopic (exact) mass is 818 g/mol. The molecule has 8 aromatic rings. The molecule has 0 N–H and O–H groups in total. The Morgan fingerprint density at radius 2 is 1.06 bits per heavy atom. The van der Waals surface area contributed by atoms with Crippen molar-refractivity contribution in [3.63, 3.8) is 0 Å². The van der Waals surface area contributed by atoms with Crippen LogP contribution in [0.4, 0.5) is 11.4 Å². The summed E-state index contributed by atoms with van der Waals surface area (Å²) in [4.78, 5) is 2.73. The van der Waals surface area contributed by atoms with Crippen molar-refractivity contribution in [1.29, 1.82) is 0 Å². The van der Waals surface area contributed by atoms with Crippen molar-refractivity contribution in [3.8, 4) is 39.1 Å². The lowest BCUT2D eigenvalue weighted by Gasteiger charge is -2.44. The minimum Gasteiger partial charge on any atom is -0.376 e. The fraction of sp³-hybridized carbons (Fsp3) is 0.300.